The van der Waals surface area contributed by atoms with Gasteiger partial charge in [-0.05, 0) is 12.8 Å². The summed E-state index contributed by atoms with van der Waals surface area (Å²) >= 11 is 1.38. The Morgan fingerprint density at radius 3 is 2.94 bits per heavy atom. The molecule has 2 amide bonds. The number of anilines is 1. The van der Waals surface area contributed by atoms with E-state index >= 15 is 0 Å². The third-order valence-electron chi connectivity index (χ3n) is 2.99. The Balaban J connectivity index is 2.02. The molecule has 0 aliphatic carbocycles. The zero-order chi connectivity index (χ0) is 13.1. The fraction of sp³-hybridized carbons (Fsp3) is 0.583. The van der Waals surface area contributed by atoms with Gasteiger partial charge in [0.2, 0.25) is 11.8 Å². The van der Waals surface area contributed by atoms with Gasteiger partial charge in [0.15, 0.2) is 5.13 Å². The molecule has 1 aliphatic rings. The second kappa shape index (κ2) is 5.48. The summed E-state index contributed by atoms with van der Waals surface area (Å²) in [5.74, 6) is -0.151. The summed E-state index contributed by atoms with van der Waals surface area (Å²) < 4.78 is 0. The van der Waals surface area contributed by atoms with Gasteiger partial charge in [-0.1, -0.05) is 13.8 Å². The van der Waals surface area contributed by atoms with Crippen LogP contribution in [0.25, 0.3) is 0 Å². The number of thiazole rings is 1. The molecule has 5 nitrogen and oxygen atoms in total. The number of rotatable bonds is 3. The van der Waals surface area contributed by atoms with Crippen LogP contribution in [0.15, 0.2) is 11.6 Å². The lowest BCUT2D eigenvalue weighted by Gasteiger charge is -2.25. The van der Waals surface area contributed by atoms with Gasteiger partial charge in [0.1, 0.15) is 6.04 Å². The number of carbonyl (C=O) groups is 2. The van der Waals surface area contributed by atoms with Crippen molar-refractivity contribution in [2.75, 3.05) is 11.9 Å². The fourth-order valence-corrected chi connectivity index (χ4v) is 2.64. The maximum Gasteiger partial charge on any atom is 0.248 e. The molecule has 1 aliphatic heterocycles. The maximum absolute atomic E-state index is 12.1. The Morgan fingerprint density at radius 2 is 2.33 bits per heavy atom. The van der Waals surface area contributed by atoms with Crippen LogP contribution in [0.5, 0.6) is 0 Å². The molecular weight excluding hydrogens is 250 g/mol. The standard InChI is InChI=1S/C12H17N3O2S/c1-8(2)11(17)15-6-3-4-9(15)10(16)14-12-13-5-7-18-12/h5,7-9H,3-4,6H2,1-2H3,(H,13,14,16). The molecule has 18 heavy (non-hydrogen) atoms. The van der Waals surface area contributed by atoms with Gasteiger partial charge in [0, 0.05) is 24.0 Å². The SMILES string of the molecule is CC(C)C(=O)N1CCCC1C(=O)Nc1nccs1. The summed E-state index contributed by atoms with van der Waals surface area (Å²) in [6.07, 6.45) is 3.26. The molecule has 0 spiro atoms. The highest BCUT2D eigenvalue weighted by Crippen LogP contribution is 2.21. The van der Waals surface area contributed by atoms with Crippen molar-refractivity contribution in [1.82, 2.24) is 9.88 Å². The van der Waals surface area contributed by atoms with E-state index < -0.39 is 0 Å². The van der Waals surface area contributed by atoms with E-state index in [-0.39, 0.29) is 23.8 Å². The highest BCUT2D eigenvalue weighted by Gasteiger charge is 2.35. The first-order valence-corrected chi connectivity index (χ1v) is 6.98. The van der Waals surface area contributed by atoms with Gasteiger partial charge in [0.25, 0.3) is 0 Å². The van der Waals surface area contributed by atoms with Gasteiger partial charge in [-0.25, -0.2) is 4.98 Å². The lowest BCUT2D eigenvalue weighted by atomic mass is 10.1. The Hall–Kier alpha value is -1.43. The molecule has 1 saturated heterocycles. The van der Waals surface area contributed by atoms with Crippen LogP contribution in [0, 0.1) is 5.92 Å². The van der Waals surface area contributed by atoms with E-state index in [1.807, 2.05) is 13.8 Å². The molecule has 1 aromatic heterocycles. The predicted molar refractivity (Wildman–Crippen MR) is 70.3 cm³/mol. The molecule has 1 unspecified atom stereocenters. The number of likely N-dealkylation sites (tertiary alicyclic amines) is 1. The summed E-state index contributed by atoms with van der Waals surface area (Å²) in [6.45, 7) is 4.39. The minimum absolute atomic E-state index is 0.0480. The first kappa shape index (κ1) is 13.0. The van der Waals surface area contributed by atoms with Crippen molar-refractivity contribution in [3.8, 4) is 0 Å². The molecule has 1 N–H and O–H groups in total. The van der Waals surface area contributed by atoms with Gasteiger partial charge >= 0.3 is 0 Å². The van der Waals surface area contributed by atoms with E-state index in [9.17, 15) is 9.59 Å². The van der Waals surface area contributed by atoms with Gasteiger partial charge in [-0.2, -0.15) is 0 Å². The van der Waals surface area contributed by atoms with Crippen LogP contribution in [0.2, 0.25) is 0 Å². The Morgan fingerprint density at radius 1 is 1.56 bits per heavy atom. The summed E-state index contributed by atoms with van der Waals surface area (Å²) in [7, 11) is 0. The van der Waals surface area contributed by atoms with Crippen molar-refractivity contribution in [3.05, 3.63) is 11.6 Å². The smallest absolute Gasteiger partial charge is 0.248 e. The predicted octanol–water partition coefficient (Wildman–Crippen LogP) is 1.73. The molecule has 0 radical (unpaired) electrons. The second-order valence-electron chi connectivity index (χ2n) is 4.67. The van der Waals surface area contributed by atoms with E-state index in [0.29, 0.717) is 11.7 Å². The van der Waals surface area contributed by atoms with Crippen molar-refractivity contribution in [2.45, 2.75) is 32.7 Å². The number of amides is 2. The monoisotopic (exact) mass is 267 g/mol. The normalized spacial score (nSPS) is 19.3. The van der Waals surface area contributed by atoms with Gasteiger partial charge in [-0.15, -0.1) is 11.3 Å². The summed E-state index contributed by atoms with van der Waals surface area (Å²) in [4.78, 5) is 29.8. The Bertz CT molecular complexity index is 431. The first-order chi connectivity index (χ1) is 8.59. The van der Waals surface area contributed by atoms with Crippen molar-refractivity contribution in [3.63, 3.8) is 0 Å². The van der Waals surface area contributed by atoms with Crippen molar-refractivity contribution in [2.24, 2.45) is 5.92 Å². The number of hydrogen-bond acceptors (Lipinski definition) is 4. The van der Waals surface area contributed by atoms with Crippen molar-refractivity contribution >= 4 is 28.3 Å². The van der Waals surface area contributed by atoms with Crippen molar-refractivity contribution < 1.29 is 9.59 Å². The quantitative estimate of drug-likeness (QED) is 0.907. The Labute approximate surface area is 110 Å². The lowest BCUT2D eigenvalue weighted by Crippen LogP contribution is -2.44. The highest BCUT2D eigenvalue weighted by molar-refractivity contribution is 7.13. The average Bonchev–Trinajstić information content (AvgIpc) is 2.97. The van der Waals surface area contributed by atoms with Crippen LogP contribution in [0.3, 0.4) is 0 Å². The molecule has 1 aromatic rings. The van der Waals surface area contributed by atoms with E-state index in [4.69, 9.17) is 0 Å². The Kier molecular flexibility index (Phi) is 3.96. The molecule has 0 bridgehead atoms. The van der Waals surface area contributed by atoms with Gasteiger partial charge < -0.3 is 10.2 Å². The van der Waals surface area contributed by atoms with Crippen molar-refractivity contribution in [1.29, 1.82) is 0 Å². The third-order valence-corrected chi connectivity index (χ3v) is 3.68. The molecule has 6 heteroatoms. The fourth-order valence-electron chi connectivity index (χ4n) is 2.11. The zero-order valence-corrected chi connectivity index (χ0v) is 11.4. The number of nitrogens with one attached hydrogen (secondary N) is 1. The summed E-state index contributed by atoms with van der Waals surface area (Å²) in [5, 5.41) is 5.16. The van der Waals surface area contributed by atoms with Gasteiger partial charge in [0.05, 0.1) is 0 Å². The van der Waals surface area contributed by atoms with E-state index in [0.717, 1.165) is 12.8 Å². The molecule has 1 fully saturated rings. The van der Waals surface area contributed by atoms with E-state index in [2.05, 4.69) is 10.3 Å². The average molecular weight is 267 g/mol. The largest absolute Gasteiger partial charge is 0.330 e. The zero-order valence-electron chi connectivity index (χ0n) is 10.5. The van der Waals surface area contributed by atoms with E-state index in [1.54, 1.807) is 16.5 Å². The molecule has 0 saturated carbocycles. The van der Waals surface area contributed by atoms with Crippen LogP contribution < -0.4 is 5.32 Å². The van der Waals surface area contributed by atoms with Crippen LogP contribution in [-0.4, -0.2) is 34.3 Å². The van der Waals surface area contributed by atoms with Gasteiger partial charge in [-0.3, -0.25) is 9.59 Å². The maximum atomic E-state index is 12.1. The number of aromatic nitrogens is 1. The summed E-state index contributed by atoms with van der Waals surface area (Å²) in [5.41, 5.74) is 0. The molecule has 2 rings (SSSR count). The highest BCUT2D eigenvalue weighted by atomic mass is 32.1. The van der Waals surface area contributed by atoms with Crippen LogP contribution in [0.4, 0.5) is 5.13 Å². The third kappa shape index (κ3) is 2.69. The molecule has 0 aromatic carbocycles. The number of nitrogens with zero attached hydrogens (tertiary/aromatic N) is 2. The number of carbonyl (C=O) groups excluding carboxylic acids is 2. The molecule has 2 heterocycles. The van der Waals surface area contributed by atoms with E-state index in [1.165, 1.54) is 11.3 Å². The topological polar surface area (TPSA) is 62.3 Å². The second-order valence-corrected chi connectivity index (χ2v) is 5.57. The van der Waals surface area contributed by atoms with Crippen LogP contribution in [-0.2, 0) is 9.59 Å². The number of hydrogen-bond donors (Lipinski definition) is 1. The van der Waals surface area contributed by atoms with Crippen LogP contribution in [0.1, 0.15) is 26.7 Å². The lowest BCUT2D eigenvalue weighted by molar-refractivity contribution is -0.139. The summed E-state index contributed by atoms with van der Waals surface area (Å²) in [6, 6.07) is -0.344. The minimum atomic E-state index is -0.344. The van der Waals surface area contributed by atoms with Crippen LogP contribution >= 0.6 is 11.3 Å². The molecular formula is C12H17N3O2S. The first-order valence-electron chi connectivity index (χ1n) is 6.10. The molecule has 98 valence electrons. The molecule has 1 atom stereocenters. The minimum Gasteiger partial charge on any atom is -0.330 e.